The number of rotatable bonds is 6. The minimum absolute atomic E-state index is 0.270. The molecule has 0 saturated heterocycles. The molecule has 0 aliphatic rings. The highest BCUT2D eigenvalue weighted by Crippen LogP contribution is 2.22. The summed E-state index contributed by atoms with van der Waals surface area (Å²) in [5, 5.41) is 3.54. The molecule has 0 aliphatic carbocycles. The molecule has 2 nitrogen and oxygen atoms in total. The smallest absolute Gasteiger partial charge is 0.119 e. The molecular formula is C16H27NO. The first-order valence-electron chi connectivity index (χ1n) is 6.86. The molecule has 102 valence electrons. The average molecular weight is 249 g/mol. The summed E-state index contributed by atoms with van der Waals surface area (Å²) in [7, 11) is 0. The van der Waals surface area contributed by atoms with E-state index in [9.17, 15) is 0 Å². The summed E-state index contributed by atoms with van der Waals surface area (Å²) >= 11 is 0. The summed E-state index contributed by atoms with van der Waals surface area (Å²) in [5.74, 6) is 0.971. The van der Waals surface area contributed by atoms with E-state index in [4.69, 9.17) is 4.74 Å². The highest BCUT2D eigenvalue weighted by Gasteiger charge is 2.23. The van der Waals surface area contributed by atoms with Gasteiger partial charge in [0.1, 0.15) is 5.75 Å². The summed E-state index contributed by atoms with van der Waals surface area (Å²) in [6.07, 6.45) is 1.03. The third-order valence-corrected chi connectivity index (χ3v) is 3.16. The minimum Gasteiger partial charge on any atom is -0.494 e. The van der Waals surface area contributed by atoms with E-state index in [1.54, 1.807) is 0 Å². The van der Waals surface area contributed by atoms with Gasteiger partial charge in [-0.2, -0.15) is 0 Å². The van der Waals surface area contributed by atoms with Crippen LogP contribution in [0.5, 0.6) is 5.75 Å². The van der Waals surface area contributed by atoms with Crippen molar-refractivity contribution in [2.24, 2.45) is 5.41 Å². The molecule has 18 heavy (non-hydrogen) atoms. The van der Waals surface area contributed by atoms with Gasteiger partial charge in [-0.3, -0.25) is 0 Å². The standard InChI is InChI=1S/C16H27NO/c1-6-17-15(16(3,4)5)10-11-18-14-9-7-8-13(2)12-14/h7-9,12,15,17H,6,10-11H2,1-5H3. The Morgan fingerprint density at radius 2 is 2.00 bits per heavy atom. The van der Waals surface area contributed by atoms with Crippen molar-refractivity contribution < 1.29 is 4.74 Å². The third kappa shape index (κ3) is 5.09. The molecule has 0 fully saturated rings. The molecule has 1 aromatic rings. The van der Waals surface area contributed by atoms with Crippen LogP contribution in [-0.4, -0.2) is 19.2 Å². The van der Waals surface area contributed by atoms with Crippen molar-refractivity contribution in [3.63, 3.8) is 0 Å². The maximum atomic E-state index is 5.82. The Morgan fingerprint density at radius 3 is 2.56 bits per heavy atom. The summed E-state index contributed by atoms with van der Waals surface area (Å²) in [5.41, 5.74) is 1.51. The first kappa shape index (κ1) is 15.0. The van der Waals surface area contributed by atoms with E-state index in [0.717, 1.165) is 25.3 Å². The Hall–Kier alpha value is -1.02. The van der Waals surface area contributed by atoms with E-state index in [1.165, 1.54) is 5.56 Å². The monoisotopic (exact) mass is 249 g/mol. The Morgan fingerprint density at radius 1 is 1.28 bits per heavy atom. The van der Waals surface area contributed by atoms with Gasteiger partial charge in [0, 0.05) is 6.04 Å². The van der Waals surface area contributed by atoms with Crippen LogP contribution < -0.4 is 10.1 Å². The Balaban J connectivity index is 2.44. The molecule has 1 aromatic carbocycles. The summed E-state index contributed by atoms with van der Waals surface area (Å²) in [4.78, 5) is 0. The van der Waals surface area contributed by atoms with Crippen molar-refractivity contribution in [3.05, 3.63) is 29.8 Å². The van der Waals surface area contributed by atoms with Gasteiger partial charge in [0.15, 0.2) is 0 Å². The van der Waals surface area contributed by atoms with Crippen LogP contribution in [0.4, 0.5) is 0 Å². The van der Waals surface area contributed by atoms with Gasteiger partial charge < -0.3 is 10.1 Å². The second-order valence-corrected chi connectivity index (χ2v) is 5.93. The van der Waals surface area contributed by atoms with Gasteiger partial charge >= 0.3 is 0 Å². The number of hydrogen-bond donors (Lipinski definition) is 1. The van der Waals surface area contributed by atoms with Crippen LogP contribution in [0.25, 0.3) is 0 Å². The van der Waals surface area contributed by atoms with E-state index < -0.39 is 0 Å². The van der Waals surface area contributed by atoms with Gasteiger partial charge in [0.25, 0.3) is 0 Å². The molecule has 1 rings (SSSR count). The van der Waals surface area contributed by atoms with Crippen molar-refractivity contribution in [2.75, 3.05) is 13.2 Å². The van der Waals surface area contributed by atoms with Crippen LogP contribution in [0.15, 0.2) is 24.3 Å². The van der Waals surface area contributed by atoms with Gasteiger partial charge in [-0.1, -0.05) is 39.8 Å². The van der Waals surface area contributed by atoms with E-state index in [0.29, 0.717) is 6.04 Å². The highest BCUT2D eigenvalue weighted by molar-refractivity contribution is 5.27. The molecule has 2 heteroatoms. The molecule has 0 saturated carbocycles. The SMILES string of the molecule is CCNC(CCOc1cccc(C)c1)C(C)(C)C. The number of benzene rings is 1. The maximum Gasteiger partial charge on any atom is 0.119 e. The Kier molecular flexibility index (Phi) is 5.67. The highest BCUT2D eigenvalue weighted by atomic mass is 16.5. The number of ether oxygens (including phenoxy) is 1. The predicted octanol–water partition coefficient (Wildman–Crippen LogP) is 3.79. The van der Waals surface area contributed by atoms with E-state index >= 15 is 0 Å². The lowest BCUT2D eigenvalue weighted by atomic mass is 9.85. The number of hydrogen-bond acceptors (Lipinski definition) is 2. The lowest BCUT2D eigenvalue weighted by Gasteiger charge is -2.31. The van der Waals surface area contributed by atoms with Crippen molar-refractivity contribution >= 4 is 0 Å². The first-order chi connectivity index (χ1) is 8.43. The molecule has 1 atom stereocenters. The fraction of sp³-hybridized carbons (Fsp3) is 0.625. The first-order valence-corrected chi connectivity index (χ1v) is 6.86. The molecule has 0 radical (unpaired) electrons. The quantitative estimate of drug-likeness (QED) is 0.828. The van der Waals surface area contributed by atoms with Crippen LogP contribution in [0.2, 0.25) is 0 Å². The lowest BCUT2D eigenvalue weighted by Crippen LogP contribution is -2.41. The lowest BCUT2D eigenvalue weighted by molar-refractivity contribution is 0.210. The van der Waals surface area contributed by atoms with E-state index in [1.807, 2.05) is 12.1 Å². The topological polar surface area (TPSA) is 21.3 Å². The molecule has 0 aliphatic heterocycles. The normalized spacial score (nSPS) is 13.4. The zero-order valence-corrected chi connectivity index (χ0v) is 12.4. The van der Waals surface area contributed by atoms with E-state index in [2.05, 4.69) is 52.1 Å². The predicted molar refractivity (Wildman–Crippen MR) is 78.2 cm³/mol. The van der Waals surface area contributed by atoms with Crippen LogP contribution in [0.1, 0.15) is 39.7 Å². The van der Waals surface area contributed by atoms with Crippen LogP contribution >= 0.6 is 0 Å². The van der Waals surface area contributed by atoms with Crippen molar-refractivity contribution in [1.29, 1.82) is 0 Å². The van der Waals surface area contributed by atoms with Crippen molar-refractivity contribution in [2.45, 2.75) is 47.1 Å². The summed E-state index contributed by atoms with van der Waals surface area (Å²) in [6, 6.07) is 8.72. The number of aryl methyl sites for hydroxylation is 1. The molecule has 0 aromatic heterocycles. The van der Waals surface area contributed by atoms with Gasteiger partial charge in [0.05, 0.1) is 6.61 Å². The van der Waals surface area contributed by atoms with Gasteiger partial charge in [0.2, 0.25) is 0 Å². The van der Waals surface area contributed by atoms with Crippen molar-refractivity contribution in [1.82, 2.24) is 5.32 Å². The second kappa shape index (κ2) is 6.79. The van der Waals surface area contributed by atoms with Gasteiger partial charge in [-0.15, -0.1) is 0 Å². The van der Waals surface area contributed by atoms with Crippen molar-refractivity contribution in [3.8, 4) is 5.75 Å². The number of nitrogens with one attached hydrogen (secondary N) is 1. The molecular weight excluding hydrogens is 222 g/mol. The fourth-order valence-corrected chi connectivity index (χ4v) is 2.09. The van der Waals surface area contributed by atoms with Crippen LogP contribution in [-0.2, 0) is 0 Å². The van der Waals surface area contributed by atoms with E-state index in [-0.39, 0.29) is 5.41 Å². The van der Waals surface area contributed by atoms with Gasteiger partial charge in [-0.25, -0.2) is 0 Å². The minimum atomic E-state index is 0.270. The molecule has 0 heterocycles. The van der Waals surface area contributed by atoms with Gasteiger partial charge in [-0.05, 0) is 43.0 Å². The largest absolute Gasteiger partial charge is 0.494 e. The molecule has 1 N–H and O–H groups in total. The molecule has 1 unspecified atom stereocenters. The average Bonchev–Trinajstić information content (AvgIpc) is 2.27. The Labute approximate surface area is 112 Å². The summed E-state index contributed by atoms with van der Waals surface area (Å²) in [6.45, 7) is 12.8. The molecule has 0 bridgehead atoms. The van der Waals surface area contributed by atoms with Crippen LogP contribution in [0, 0.1) is 12.3 Å². The summed E-state index contributed by atoms with van der Waals surface area (Å²) < 4.78 is 5.82. The molecule has 0 spiro atoms. The van der Waals surface area contributed by atoms with Crippen LogP contribution in [0.3, 0.4) is 0 Å². The second-order valence-electron chi connectivity index (χ2n) is 5.93. The zero-order chi connectivity index (χ0) is 13.6. The fourth-order valence-electron chi connectivity index (χ4n) is 2.09. The maximum absolute atomic E-state index is 5.82. The third-order valence-electron chi connectivity index (χ3n) is 3.16. The Bertz CT molecular complexity index is 354. The molecule has 0 amide bonds. The zero-order valence-electron chi connectivity index (χ0n) is 12.4.